The van der Waals surface area contributed by atoms with Crippen molar-refractivity contribution in [1.29, 1.82) is 5.26 Å². The predicted octanol–water partition coefficient (Wildman–Crippen LogP) is 2.71. The molecule has 2 aromatic carbocycles. The van der Waals surface area contributed by atoms with E-state index in [0.29, 0.717) is 16.9 Å². The Morgan fingerprint density at radius 1 is 1.20 bits per heavy atom. The van der Waals surface area contributed by atoms with Crippen LogP contribution in [0.1, 0.15) is 21.7 Å². The molecule has 7 heteroatoms. The predicted molar refractivity (Wildman–Crippen MR) is 91.8 cm³/mol. The molecule has 1 heterocycles. The van der Waals surface area contributed by atoms with Crippen molar-refractivity contribution >= 4 is 11.6 Å². The summed E-state index contributed by atoms with van der Waals surface area (Å²) in [6.45, 7) is 1.76. The molecule has 0 atom stereocenters. The van der Waals surface area contributed by atoms with Gasteiger partial charge in [-0.05, 0) is 43.3 Å². The summed E-state index contributed by atoms with van der Waals surface area (Å²) in [4.78, 5) is 12.5. The number of aromatic nitrogens is 3. The van der Waals surface area contributed by atoms with Crippen LogP contribution in [0.15, 0.2) is 48.5 Å². The van der Waals surface area contributed by atoms with Crippen molar-refractivity contribution in [1.82, 2.24) is 15.0 Å². The van der Waals surface area contributed by atoms with E-state index in [1.807, 2.05) is 18.2 Å². The van der Waals surface area contributed by atoms with Gasteiger partial charge >= 0.3 is 0 Å². The number of nitrogens with one attached hydrogen (secondary N) is 1. The number of anilines is 1. The van der Waals surface area contributed by atoms with E-state index >= 15 is 0 Å². The maximum atomic E-state index is 12.5. The van der Waals surface area contributed by atoms with Crippen LogP contribution >= 0.6 is 0 Å². The van der Waals surface area contributed by atoms with Crippen LogP contribution in [0.25, 0.3) is 5.69 Å². The summed E-state index contributed by atoms with van der Waals surface area (Å²) in [6.07, 6.45) is 0. The molecule has 3 aromatic rings. The lowest BCUT2D eigenvalue weighted by Gasteiger charge is -2.07. The molecule has 0 unspecified atom stereocenters. The third-order valence-electron chi connectivity index (χ3n) is 3.72. The average molecular weight is 333 g/mol. The van der Waals surface area contributed by atoms with Gasteiger partial charge in [-0.3, -0.25) is 4.79 Å². The Hall–Kier alpha value is -3.66. The van der Waals surface area contributed by atoms with Crippen LogP contribution in [-0.2, 0) is 0 Å². The quantitative estimate of drug-likeness (QED) is 0.792. The molecule has 0 saturated carbocycles. The minimum Gasteiger partial charge on any atom is -0.497 e. The van der Waals surface area contributed by atoms with E-state index in [2.05, 4.69) is 15.6 Å². The molecule has 25 heavy (non-hydrogen) atoms. The van der Waals surface area contributed by atoms with Gasteiger partial charge in [0.25, 0.3) is 5.91 Å². The first-order chi connectivity index (χ1) is 12.1. The average Bonchev–Trinajstić information content (AvgIpc) is 3.03. The fourth-order valence-electron chi connectivity index (χ4n) is 2.38. The second-order valence-electron chi connectivity index (χ2n) is 5.24. The van der Waals surface area contributed by atoms with E-state index in [4.69, 9.17) is 10.00 Å². The summed E-state index contributed by atoms with van der Waals surface area (Å²) >= 11 is 0. The molecule has 0 fully saturated rings. The molecule has 0 saturated heterocycles. The summed E-state index contributed by atoms with van der Waals surface area (Å²) in [5.41, 5.74) is 2.38. The van der Waals surface area contributed by atoms with Gasteiger partial charge in [0.15, 0.2) is 5.69 Å². The second-order valence-corrected chi connectivity index (χ2v) is 5.24. The maximum absolute atomic E-state index is 12.5. The van der Waals surface area contributed by atoms with Gasteiger partial charge < -0.3 is 10.1 Å². The van der Waals surface area contributed by atoms with Gasteiger partial charge in [-0.25, -0.2) is 4.68 Å². The number of para-hydroxylation sites is 1. The molecule has 0 aliphatic rings. The van der Waals surface area contributed by atoms with Crippen molar-refractivity contribution in [3.8, 4) is 17.5 Å². The first kappa shape index (κ1) is 16.2. The third-order valence-corrected chi connectivity index (χ3v) is 3.72. The summed E-state index contributed by atoms with van der Waals surface area (Å²) in [5, 5.41) is 19.8. The molecule has 0 spiro atoms. The molecule has 0 bridgehead atoms. The zero-order valence-corrected chi connectivity index (χ0v) is 13.7. The number of nitrogens with zero attached hydrogens (tertiary/aromatic N) is 4. The van der Waals surface area contributed by atoms with Crippen molar-refractivity contribution in [2.45, 2.75) is 6.92 Å². The third kappa shape index (κ3) is 3.19. The molecule has 0 radical (unpaired) electrons. The first-order valence-electron chi connectivity index (χ1n) is 7.51. The highest BCUT2D eigenvalue weighted by molar-refractivity contribution is 6.04. The number of hydrogen-bond acceptors (Lipinski definition) is 5. The number of carbonyl (C=O) groups is 1. The summed E-state index contributed by atoms with van der Waals surface area (Å²) in [6, 6.07) is 16.1. The number of hydrogen-bond donors (Lipinski definition) is 1. The zero-order chi connectivity index (χ0) is 17.8. The molecule has 0 aliphatic heterocycles. The lowest BCUT2D eigenvalue weighted by molar-refractivity contribution is 0.102. The number of ether oxygens (including phenoxy) is 1. The van der Waals surface area contributed by atoms with E-state index in [1.54, 1.807) is 55.1 Å². The number of benzene rings is 2. The molecular weight excluding hydrogens is 318 g/mol. The Balaban J connectivity index is 1.87. The van der Waals surface area contributed by atoms with Crippen LogP contribution in [0.5, 0.6) is 5.75 Å². The van der Waals surface area contributed by atoms with E-state index in [-0.39, 0.29) is 5.69 Å². The maximum Gasteiger partial charge on any atom is 0.278 e. The fourth-order valence-corrected chi connectivity index (χ4v) is 2.38. The van der Waals surface area contributed by atoms with Gasteiger partial charge in [0.05, 0.1) is 29.7 Å². The van der Waals surface area contributed by atoms with Gasteiger partial charge in [0.2, 0.25) is 0 Å². The Morgan fingerprint density at radius 3 is 2.60 bits per heavy atom. The molecule has 1 N–H and O–H groups in total. The van der Waals surface area contributed by atoms with Crippen molar-refractivity contribution in [2.75, 3.05) is 12.4 Å². The Kier molecular flexibility index (Phi) is 4.44. The molecule has 7 nitrogen and oxygen atoms in total. The summed E-state index contributed by atoms with van der Waals surface area (Å²) in [5.74, 6) is 0.313. The van der Waals surface area contributed by atoms with Crippen LogP contribution in [0.3, 0.4) is 0 Å². The number of carbonyl (C=O) groups excluding carboxylic acids is 1. The Morgan fingerprint density at radius 2 is 1.92 bits per heavy atom. The van der Waals surface area contributed by atoms with Gasteiger partial charge in [-0.1, -0.05) is 17.3 Å². The molecule has 1 amide bonds. The fraction of sp³-hybridized carbons (Fsp3) is 0.111. The minimum atomic E-state index is -0.417. The van der Waals surface area contributed by atoms with E-state index in [1.165, 1.54) is 0 Å². The lowest BCUT2D eigenvalue weighted by atomic mass is 10.2. The van der Waals surface area contributed by atoms with Gasteiger partial charge in [-0.2, -0.15) is 5.26 Å². The molecular formula is C18H15N5O2. The van der Waals surface area contributed by atoms with Gasteiger partial charge in [0, 0.05) is 0 Å². The van der Waals surface area contributed by atoms with Crippen LogP contribution < -0.4 is 10.1 Å². The van der Waals surface area contributed by atoms with Gasteiger partial charge in [0.1, 0.15) is 11.8 Å². The van der Waals surface area contributed by atoms with Crippen molar-refractivity contribution < 1.29 is 9.53 Å². The van der Waals surface area contributed by atoms with Gasteiger partial charge in [-0.15, -0.1) is 5.10 Å². The smallest absolute Gasteiger partial charge is 0.278 e. The minimum absolute atomic E-state index is 0.198. The SMILES string of the molecule is COc1ccc(-n2nnc(C(=O)Nc3ccccc3C#N)c2C)cc1. The Labute approximate surface area is 144 Å². The van der Waals surface area contributed by atoms with Crippen LogP contribution in [0.4, 0.5) is 5.69 Å². The highest BCUT2D eigenvalue weighted by Gasteiger charge is 2.18. The van der Waals surface area contributed by atoms with Crippen LogP contribution in [0, 0.1) is 18.3 Å². The molecule has 3 rings (SSSR count). The van der Waals surface area contributed by atoms with Crippen molar-refractivity contribution in [3.05, 3.63) is 65.5 Å². The van der Waals surface area contributed by atoms with E-state index < -0.39 is 5.91 Å². The second kappa shape index (κ2) is 6.84. The number of nitriles is 1. The molecule has 124 valence electrons. The largest absolute Gasteiger partial charge is 0.497 e. The topological polar surface area (TPSA) is 92.8 Å². The first-order valence-corrected chi connectivity index (χ1v) is 7.51. The number of rotatable bonds is 4. The zero-order valence-electron chi connectivity index (χ0n) is 13.7. The van der Waals surface area contributed by atoms with Crippen molar-refractivity contribution in [3.63, 3.8) is 0 Å². The number of methoxy groups -OCH3 is 1. The standard InChI is InChI=1S/C18H15N5O2/c1-12-17(18(24)20-16-6-4-3-5-13(16)11-19)21-22-23(12)14-7-9-15(25-2)10-8-14/h3-10H,1-2H3,(H,20,24). The number of amides is 1. The van der Waals surface area contributed by atoms with E-state index in [9.17, 15) is 4.79 Å². The Bertz CT molecular complexity index is 954. The van der Waals surface area contributed by atoms with Crippen LogP contribution in [0.2, 0.25) is 0 Å². The normalized spacial score (nSPS) is 10.1. The summed E-state index contributed by atoms with van der Waals surface area (Å²) < 4.78 is 6.71. The highest BCUT2D eigenvalue weighted by atomic mass is 16.5. The monoisotopic (exact) mass is 333 g/mol. The van der Waals surface area contributed by atoms with Crippen LogP contribution in [-0.4, -0.2) is 28.0 Å². The lowest BCUT2D eigenvalue weighted by Crippen LogP contribution is -2.15. The molecule has 1 aromatic heterocycles. The summed E-state index contributed by atoms with van der Waals surface area (Å²) in [7, 11) is 1.59. The molecule has 0 aliphatic carbocycles. The van der Waals surface area contributed by atoms with E-state index in [0.717, 1.165) is 11.4 Å². The van der Waals surface area contributed by atoms with Crippen molar-refractivity contribution in [2.24, 2.45) is 0 Å². The highest BCUT2D eigenvalue weighted by Crippen LogP contribution is 2.18.